The molecule has 2 aliphatic rings. The maximum absolute atomic E-state index is 13.4. The summed E-state index contributed by atoms with van der Waals surface area (Å²) in [5.41, 5.74) is 4.91. The minimum absolute atomic E-state index is 0.192. The normalized spacial score (nSPS) is 23.5. The van der Waals surface area contributed by atoms with E-state index in [1.807, 2.05) is 19.9 Å². The highest BCUT2D eigenvalue weighted by molar-refractivity contribution is 6.08. The molecule has 4 nitrogen and oxygen atoms in total. The van der Waals surface area contributed by atoms with Crippen LogP contribution in [0, 0.1) is 20.8 Å². The topological polar surface area (TPSA) is 45.2 Å². The predicted molar refractivity (Wildman–Crippen MR) is 91.8 cm³/mol. The molecule has 4 heteroatoms. The summed E-state index contributed by atoms with van der Waals surface area (Å²) in [4.78, 5) is 20.2. The van der Waals surface area contributed by atoms with E-state index in [2.05, 4.69) is 34.3 Å². The Balaban J connectivity index is 1.89. The van der Waals surface area contributed by atoms with E-state index < -0.39 is 0 Å². The van der Waals surface area contributed by atoms with Crippen LogP contribution in [0.4, 0.5) is 0 Å². The van der Waals surface area contributed by atoms with Crippen LogP contribution in [-0.2, 0) is 0 Å². The first-order valence-electron chi connectivity index (χ1n) is 8.47. The number of hydrogen-bond acceptors (Lipinski definition) is 3. The highest BCUT2D eigenvalue weighted by Crippen LogP contribution is 2.32. The molecule has 120 valence electrons. The number of carbonyl (C=O) groups excluding carboxylic acids is 1. The summed E-state index contributed by atoms with van der Waals surface area (Å²) in [6.45, 7) is 7.93. The van der Waals surface area contributed by atoms with Crippen molar-refractivity contribution in [3.63, 3.8) is 0 Å². The lowest BCUT2D eigenvalue weighted by atomic mass is 9.98. The molecule has 4 rings (SSSR count). The molecule has 2 aliphatic heterocycles. The largest absolute Gasteiger partial charge is 0.330 e. The number of fused-ring (bicyclic) bond motifs is 3. The molecule has 2 aromatic rings. The zero-order valence-corrected chi connectivity index (χ0v) is 14.0. The summed E-state index contributed by atoms with van der Waals surface area (Å²) in [7, 11) is 0. The van der Waals surface area contributed by atoms with Gasteiger partial charge in [0.05, 0.1) is 11.1 Å². The number of aromatic nitrogens is 1. The predicted octanol–water partition coefficient (Wildman–Crippen LogP) is 2.74. The summed E-state index contributed by atoms with van der Waals surface area (Å²) >= 11 is 0. The SMILES string of the molecule is Cc1ccc2nc(C)c(C)c(C(=O)N3[C@@H]4CC[C@H]3CNC4)c2c1. The third kappa shape index (κ3) is 2.24. The fourth-order valence-electron chi connectivity index (χ4n) is 4.11. The Morgan fingerprint density at radius 1 is 1.17 bits per heavy atom. The van der Waals surface area contributed by atoms with E-state index in [1.165, 1.54) is 5.56 Å². The highest BCUT2D eigenvalue weighted by atomic mass is 16.2. The zero-order valence-electron chi connectivity index (χ0n) is 14.0. The summed E-state index contributed by atoms with van der Waals surface area (Å²) in [5.74, 6) is 0.192. The number of amides is 1. The number of rotatable bonds is 1. The van der Waals surface area contributed by atoms with Crippen LogP contribution in [0.1, 0.15) is 40.0 Å². The molecule has 0 spiro atoms. The summed E-state index contributed by atoms with van der Waals surface area (Å²) in [5, 5.41) is 4.45. The average Bonchev–Trinajstić information content (AvgIpc) is 2.78. The third-order valence-electron chi connectivity index (χ3n) is 5.46. The third-order valence-corrected chi connectivity index (χ3v) is 5.46. The van der Waals surface area contributed by atoms with Crippen molar-refractivity contribution in [2.75, 3.05) is 13.1 Å². The Morgan fingerprint density at radius 3 is 2.57 bits per heavy atom. The van der Waals surface area contributed by atoms with Gasteiger partial charge >= 0.3 is 0 Å². The first-order valence-corrected chi connectivity index (χ1v) is 8.47. The van der Waals surface area contributed by atoms with Gasteiger partial charge in [0.25, 0.3) is 5.91 Å². The Labute approximate surface area is 136 Å². The van der Waals surface area contributed by atoms with E-state index in [1.54, 1.807) is 0 Å². The van der Waals surface area contributed by atoms with Gasteiger partial charge in [-0.25, -0.2) is 0 Å². The molecule has 2 saturated heterocycles. The van der Waals surface area contributed by atoms with Crippen molar-refractivity contribution in [1.82, 2.24) is 15.2 Å². The second-order valence-corrected chi connectivity index (χ2v) is 6.97. The van der Waals surface area contributed by atoms with Crippen molar-refractivity contribution >= 4 is 16.8 Å². The zero-order chi connectivity index (χ0) is 16.1. The average molecular weight is 309 g/mol. The van der Waals surface area contributed by atoms with Crippen LogP contribution < -0.4 is 5.32 Å². The number of aryl methyl sites for hydroxylation is 2. The quantitative estimate of drug-likeness (QED) is 0.881. The number of nitrogens with zero attached hydrogens (tertiary/aromatic N) is 2. The molecule has 23 heavy (non-hydrogen) atoms. The number of piperazine rings is 1. The van der Waals surface area contributed by atoms with Crippen LogP contribution in [0.15, 0.2) is 18.2 Å². The Hall–Kier alpha value is -1.94. The Morgan fingerprint density at radius 2 is 1.87 bits per heavy atom. The number of pyridine rings is 1. The van der Waals surface area contributed by atoms with E-state index in [4.69, 9.17) is 0 Å². The van der Waals surface area contributed by atoms with Crippen molar-refractivity contribution in [3.8, 4) is 0 Å². The molecule has 0 saturated carbocycles. The molecule has 1 amide bonds. The molecule has 0 aliphatic carbocycles. The number of hydrogen-bond donors (Lipinski definition) is 1. The van der Waals surface area contributed by atoms with E-state index in [0.29, 0.717) is 12.1 Å². The van der Waals surface area contributed by atoms with E-state index in [9.17, 15) is 4.79 Å². The van der Waals surface area contributed by atoms with Crippen molar-refractivity contribution < 1.29 is 4.79 Å². The first kappa shape index (κ1) is 14.6. The molecule has 2 atom stereocenters. The van der Waals surface area contributed by atoms with Gasteiger partial charge in [0.1, 0.15) is 0 Å². The maximum Gasteiger partial charge on any atom is 0.255 e. The van der Waals surface area contributed by atoms with Crippen molar-refractivity contribution in [2.24, 2.45) is 0 Å². The molecule has 1 aromatic carbocycles. The molecule has 3 heterocycles. The number of benzene rings is 1. The number of nitrogens with one attached hydrogen (secondary N) is 1. The minimum Gasteiger partial charge on any atom is -0.330 e. The van der Waals surface area contributed by atoms with Gasteiger partial charge in [0, 0.05) is 36.3 Å². The highest BCUT2D eigenvalue weighted by Gasteiger charge is 2.40. The fourth-order valence-corrected chi connectivity index (χ4v) is 4.11. The van der Waals surface area contributed by atoms with E-state index in [0.717, 1.165) is 53.7 Å². The molecule has 1 aromatic heterocycles. The van der Waals surface area contributed by atoms with Crippen LogP contribution in [0.25, 0.3) is 10.9 Å². The van der Waals surface area contributed by atoms with Crippen molar-refractivity contribution in [2.45, 2.75) is 45.7 Å². The lowest BCUT2D eigenvalue weighted by Gasteiger charge is -2.36. The van der Waals surface area contributed by atoms with Crippen molar-refractivity contribution in [1.29, 1.82) is 0 Å². The smallest absolute Gasteiger partial charge is 0.255 e. The van der Waals surface area contributed by atoms with Crippen LogP contribution in [0.3, 0.4) is 0 Å². The van der Waals surface area contributed by atoms with E-state index in [-0.39, 0.29) is 5.91 Å². The van der Waals surface area contributed by atoms with Gasteiger partial charge in [0.2, 0.25) is 0 Å². The van der Waals surface area contributed by atoms with Gasteiger partial charge in [0.15, 0.2) is 0 Å². The van der Waals surface area contributed by atoms with Crippen LogP contribution in [0.2, 0.25) is 0 Å². The minimum atomic E-state index is 0.192. The lowest BCUT2D eigenvalue weighted by molar-refractivity contribution is 0.0620. The van der Waals surface area contributed by atoms with Gasteiger partial charge in [-0.3, -0.25) is 9.78 Å². The molecule has 1 N–H and O–H groups in total. The number of carbonyl (C=O) groups is 1. The first-order chi connectivity index (χ1) is 11.1. The summed E-state index contributed by atoms with van der Waals surface area (Å²) in [6, 6.07) is 6.88. The fraction of sp³-hybridized carbons (Fsp3) is 0.474. The van der Waals surface area contributed by atoms with Gasteiger partial charge in [-0.15, -0.1) is 0 Å². The van der Waals surface area contributed by atoms with Crippen LogP contribution in [0.5, 0.6) is 0 Å². The van der Waals surface area contributed by atoms with Gasteiger partial charge < -0.3 is 10.2 Å². The second kappa shape index (κ2) is 5.31. The molecule has 2 bridgehead atoms. The molecule has 2 fully saturated rings. The molecule has 0 unspecified atom stereocenters. The standard InChI is InChI=1S/C19H23N3O/c1-11-4-7-17-16(8-11)18(12(2)13(3)21-17)19(23)22-14-5-6-15(22)10-20-9-14/h4,7-8,14-15,20H,5-6,9-10H2,1-3H3/t14-,15+. The molecule has 0 radical (unpaired) electrons. The second-order valence-electron chi connectivity index (χ2n) is 6.97. The maximum atomic E-state index is 13.4. The van der Waals surface area contributed by atoms with Crippen molar-refractivity contribution in [3.05, 3.63) is 40.6 Å². The van der Waals surface area contributed by atoms with E-state index >= 15 is 0 Å². The molecular formula is C19H23N3O. The summed E-state index contributed by atoms with van der Waals surface area (Å²) < 4.78 is 0. The monoisotopic (exact) mass is 309 g/mol. The Kier molecular flexibility index (Phi) is 3.38. The van der Waals surface area contributed by atoms with Gasteiger partial charge in [-0.1, -0.05) is 11.6 Å². The van der Waals surface area contributed by atoms with Crippen LogP contribution >= 0.6 is 0 Å². The van der Waals surface area contributed by atoms with Crippen LogP contribution in [-0.4, -0.2) is 41.0 Å². The summed E-state index contributed by atoms with van der Waals surface area (Å²) in [6.07, 6.45) is 2.23. The lowest BCUT2D eigenvalue weighted by Crippen LogP contribution is -2.54. The van der Waals surface area contributed by atoms with Gasteiger partial charge in [-0.2, -0.15) is 0 Å². The Bertz CT molecular complexity index is 783. The van der Waals surface area contributed by atoms with Gasteiger partial charge in [-0.05, 0) is 51.3 Å². The molecular weight excluding hydrogens is 286 g/mol.